The quantitative estimate of drug-likeness (QED) is 0.792. The molecule has 2 atom stereocenters. The van der Waals surface area contributed by atoms with Gasteiger partial charge in [0.2, 0.25) is 0 Å². The molecule has 0 unspecified atom stereocenters. The van der Waals surface area contributed by atoms with Crippen LogP contribution < -0.4 is 0 Å². The van der Waals surface area contributed by atoms with Gasteiger partial charge in [-0.25, -0.2) is 0 Å². The van der Waals surface area contributed by atoms with E-state index in [1.165, 1.54) is 5.56 Å². The molecule has 0 fully saturated rings. The number of rotatable bonds is 5. The van der Waals surface area contributed by atoms with Crippen LogP contribution in [0.2, 0.25) is 0 Å². The largest absolute Gasteiger partial charge is 0.385 e. The molecule has 2 aromatic rings. The van der Waals surface area contributed by atoms with Gasteiger partial charge in [-0.05, 0) is 30.4 Å². The minimum absolute atomic E-state index is 0.170. The summed E-state index contributed by atoms with van der Waals surface area (Å²) in [5.41, 5.74) is 0.396. The van der Waals surface area contributed by atoms with Crippen LogP contribution in [0.5, 0.6) is 0 Å². The highest BCUT2D eigenvalue weighted by Crippen LogP contribution is 2.35. The summed E-state index contributed by atoms with van der Waals surface area (Å²) < 4.78 is 0. The second kappa shape index (κ2) is 5.51. The van der Waals surface area contributed by atoms with Crippen molar-refractivity contribution in [2.24, 2.45) is 0 Å². The smallest absolute Gasteiger partial charge is 0.0968 e. The summed E-state index contributed by atoms with van der Waals surface area (Å²) in [5.74, 6) is 0.170. The van der Waals surface area contributed by atoms with Crippen LogP contribution >= 0.6 is 11.3 Å². The van der Waals surface area contributed by atoms with Gasteiger partial charge in [0.05, 0.1) is 5.60 Å². The Balaban J connectivity index is 2.19. The van der Waals surface area contributed by atoms with Gasteiger partial charge >= 0.3 is 0 Å². The van der Waals surface area contributed by atoms with E-state index >= 15 is 0 Å². The Bertz CT molecular complexity index is 485. The molecule has 2 rings (SSSR count). The van der Waals surface area contributed by atoms with Gasteiger partial charge in [-0.1, -0.05) is 42.5 Å². The highest BCUT2D eigenvalue weighted by molar-refractivity contribution is 7.10. The summed E-state index contributed by atoms with van der Waals surface area (Å²) in [6, 6.07) is 14.2. The van der Waals surface area contributed by atoms with E-state index in [0.717, 1.165) is 4.88 Å². The monoisotopic (exact) mass is 258 g/mol. The molecule has 2 heteroatoms. The number of allylic oxidation sites excluding steroid dienone is 1. The predicted molar refractivity (Wildman–Crippen MR) is 77.9 cm³/mol. The summed E-state index contributed by atoms with van der Waals surface area (Å²) in [6.07, 6.45) is 2.57. The van der Waals surface area contributed by atoms with E-state index in [-0.39, 0.29) is 5.92 Å². The van der Waals surface area contributed by atoms with Crippen LogP contribution in [0.25, 0.3) is 0 Å². The van der Waals surface area contributed by atoms with E-state index in [4.69, 9.17) is 0 Å². The third-order valence-electron chi connectivity index (χ3n) is 3.18. The second-order valence-electron chi connectivity index (χ2n) is 4.71. The first-order chi connectivity index (χ1) is 8.63. The molecule has 0 aliphatic rings. The van der Waals surface area contributed by atoms with Crippen molar-refractivity contribution < 1.29 is 5.11 Å². The van der Waals surface area contributed by atoms with Crippen LogP contribution in [0.15, 0.2) is 60.5 Å². The first-order valence-electron chi connectivity index (χ1n) is 6.07. The molecule has 0 saturated carbocycles. The van der Waals surface area contributed by atoms with Gasteiger partial charge in [-0.15, -0.1) is 17.9 Å². The Hall–Kier alpha value is -1.38. The zero-order valence-corrected chi connectivity index (χ0v) is 11.4. The van der Waals surface area contributed by atoms with Crippen LogP contribution in [-0.4, -0.2) is 5.11 Å². The summed E-state index contributed by atoms with van der Waals surface area (Å²) in [4.78, 5) is 1.00. The van der Waals surface area contributed by atoms with Crippen molar-refractivity contribution >= 4 is 11.3 Å². The van der Waals surface area contributed by atoms with Crippen molar-refractivity contribution in [1.29, 1.82) is 0 Å². The van der Waals surface area contributed by atoms with E-state index in [1.807, 2.05) is 48.7 Å². The SMILES string of the molecule is C=C[C@H](C[C@@](C)(O)c1cccs1)c1ccccc1. The van der Waals surface area contributed by atoms with E-state index in [9.17, 15) is 5.11 Å². The van der Waals surface area contributed by atoms with E-state index < -0.39 is 5.60 Å². The van der Waals surface area contributed by atoms with E-state index in [0.29, 0.717) is 6.42 Å². The van der Waals surface area contributed by atoms with Gasteiger partial charge in [-0.2, -0.15) is 0 Å². The first kappa shape index (κ1) is 13.1. The second-order valence-corrected chi connectivity index (χ2v) is 5.66. The number of hydrogen-bond acceptors (Lipinski definition) is 2. The minimum Gasteiger partial charge on any atom is -0.385 e. The van der Waals surface area contributed by atoms with Crippen LogP contribution in [-0.2, 0) is 5.60 Å². The van der Waals surface area contributed by atoms with E-state index in [2.05, 4.69) is 18.7 Å². The Morgan fingerprint density at radius 2 is 2.00 bits per heavy atom. The molecule has 1 aromatic carbocycles. The normalized spacial score (nSPS) is 15.9. The van der Waals surface area contributed by atoms with Crippen molar-refractivity contribution in [3.8, 4) is 0 Å². The van der Waals surface area contributed by atoms with Crippen LogP contribution in [0, 0.1) is 0 Å². The maximum absolute atomic E-state index is 10.6. The van der Waals surface area contributed by atoms with Gasteiger partial charge in [0.15, 0.2) is 0 Å². The highest BCUT2D eigenvalue weighted by atomic mass is 32.1. The first-order valence-corrected chi connectivity index (χ1v) is 6.95. The van der Waals surface area contributed by atoms with E-state index in [1.54, 1.807) is 11.3 Å². The van der Waals surface area contributed by atoms with Crippen molar-refractivity contribution in [2.45, 2.75) is 24.9 Å². The third kappa shape index (κ3) is 2.89. The topological polar surface area (TPSA) is 20.2 Å². The molecule has 0 saturated heterocycles. The summed E-state index contributed by atoms with van der Waals surface area (Å²) in [5, 5.41) is 12.6. The molecule has 1 N–H and O–H groups in total. The fraction of sp³-hybridized carbons (Fsp3) is 0.250. The summed E-state index contributed by atoms with van der Waals surface area (Å²) >= 11 is 1.59. The van der Waals surface area contributed by atoms with Gasteiger partial charge in [0, 0.05) is 10.8 Å². The fourth-order valence-corrected chi connectivity index (χ4v) is 2.95. The molecule has 0 amide bonds. The molecular formula is C16H18OS. The van der Waals surface area contributed by atoms with Crippen molar-refractivity contribution in [3.63, 3.8) is 0 Å². The van der Waals surface area contributed by atoms with Gasteiger partial charge in [0.25, 0.3) is 0 Å². The van der Waals surface area contributed by atoms with Crippen molar-refractivity contribution in [2.75, 3.05) is 0 Å². The minimum atomic E-state index is -0.803. The molecule has 0 radical (unpaired) electrons. The molecule has 0 aliphatic carbocycles. The van der Waals surface area contributed by atoms with Crippen LogP contribution in [0.3, 0.4) is 0 Å². The molecule has 0 aliphatic heterocycles. The lowest BCUT2D eigenvalue weighted by molar-refractivity contribution is 0.0478. The van der Waals surface area contributed by atoms with Gasteiger partial charge in [-0.3, -0.25) is 0 Å². The summed E-state index contributed by atoms with van der Waals surface area (Å²) in [7, 11) is 0. The molecule has 0 spiro atoms. The summed E-state index contributed by atoms with van der Waals surface area (Å²) in [6.45, 7) is 5.77. The predicted octanol–water partition coefficient (Wildman–Crippen LogP) is 4.32. The highest BCUT2D eigenvalue weighted by Gasteiger charge is 2.27. The zero-order valence-electron chi connectivity index (χ0n) is 10.5. The number of aliphatic hydroxyl groups is 1. The lowest BCUT2D eigenvalue weighted by Gasteiger charge is -2.26. The molecule has 18 heavy (non-hydrogen) atoms. The van der Waals surface area contributed by atoms with Crippen molar-refractivity contribution in [1.82, 2.24) is 0 Å². The average molecular weight is 258 g/mol. The van der Waals surface area contributed by atoms with Crippen LogP contribution in [0.4, 0.5) is 0 Å². The Morgan fingerprint density at radius 1 is 1.28 bits per heavy atom. The Morgan fingerprint density at radius 3 is 2.56 bits per heavy atom. The molecule has 1 aromatic heterocycles. The molecule has 94 valence electrons. The number of benzene rings is 1. The molecule has 1 nitrogen and oxygen atoms in total. The maximum Gasteiger partial charge on any atom is 0.0968 e. The maximum atomic E-state index is 10.6. The van der Waals surface area contributed by atoms with Gasteiger partial charge < -0.3 is 5.11 Å². The number of hydrogen-bond donors (Lipinski definition) is 1. The van der Waals surface area contributed by atoms with Crippen molar-refractivity contribution in [3.05, 3.63) is 70.9 Å². The molecule has 0 bridgehead atoms. The third-order valence-corrected chi connectivity index (χ3v) is 4.30. The lowest BCUT2D eigenvalue weighted by atomic mass is 9.86. The number of thiophene rings is 1. The Labute approximate surface area is 112 Å². The van der Waals surface area contributed by atoms with Gasteiger partial charge in [0.1, 0.15) is 0 Å². The lowest BCUT2D eigenvalue weighted by Crippen LogP contribution is -2.22. The van der Waals surface area contributed by atoms with Crippen LogP contribution in [0.1, 0.15) is 29.7 Å². The Kier molecular flexibility index (Phi) is 4.00. The molecule has 1 heterocycles. The zero-order chi connectivity index (χ0) is 13.0. The fourth-order valence-electron chi connectivity index (χ4n) is 2.15. The average Bonchev–Trinajstić information content (AvgIpc) is 2.92. The standard InChI is InChI=1S/C16H18OS/c1-3-13(14-8-5-4-6-9-14)12-16(2,17)15-10-7-11-18-15/h3-11,13,17H,1,12H2,2H3/t13-,16-/m1/s1. The molecular weight excluding hydrogens is 240 g/mol.